The van der Waals surface area contributed by atoms with Crippen LogP contribution in [0.15, 0.2) is 48.5 Å². The first kappa shape index (κ1) is 25.5. The smallest absolute Gasteiger partial charge is 0.222 e. The summed E-state index contributed by atoms with van der Waals surface area (Å²) in [7, 11) is 0. The Balaban J connectivity index is 1.18. The first-order chi connectivity index (χ1) is 17.0. The average molecular weight is 485 g/mol. The molecule has 0 aromatic heterocycles. The Morgan fingerprint density at radius 3 is 2.57 bits per heavy atom. The lowest BCUT2D eigenvalue weighted by Crippen LogP contribution is -2.37. The largest absolute Gasteiger partial charge is 0.494 e. The number of carbonyl (C=O) groups is 1. The number of aliphatic hydroxyl groups is 1. The summed E-state index contributed by atoms with van der Waals surface area (Å²) in [6, 6.07) is 14.5. The molecular formula is C28H37FN2O4. The van der Waals surface area contributed by atoms with Gasteiger partial charge in [0.2, 0.25) is 5.91 Å². The van der Waals surface area contributed by atoms with Crippen molar-refractivity contribution in [3.8, 4) is 11.5 Å². The van der Waals surface area contributed by atoms with E-state index in [1.807, 2.05) is 17.0 Å². The predicted octanol–water partition coefficient (Wildman–Crippen LogP) is 4.40. The van der Waals surface area contributed by atoms with Crippen molar-refractivity contribution in [2.75, 3.05) is 39.4 Å². The topological polar surface area (TPSA) is 62.2 Å². The van der Waals surface area contributed by atoms with Crippen LogP contribution in [0.2, 0.25) is 0 Å². The summed E-state index contributed by atoms with van der Waals surface area (Å²) in [5, 5.41) is 11.0. The molecule has 1 atom stereocenters. The van der Waals surface area contributed by atoms with Gasteiger partial charge >= 0.3 is 0 Å². The van der Waals surface area contributed by atoms with Gasteiger partial charge in [0.25, 0.3) is 0 Å². The quantitative estimate of drug-likeness (QED) is 0.507. The number of piperidine rings is 1. The number of para-hydroxylation sites is 1. The van der Waals surface area contributed by atoms with Crippen molar-refractivity contribution in [1.82, 2.24) is 9.80 Å². The van der Waals surface area contributed by atoms with Gasteiger partial charge in [-0.15, -0.1) is 0 Å². The minimum Gasteiger partial charge on any atom is -0.494 e. The molecule has 1 amide bonds. The highest BCUT2D eigenvalue weighted by Crippen LogP contribution is 2.26. The fraction of sp³-hybridized carbons (Fsp3) is 0.536. The molecule has 1 N–H and O–H groups in total. The van der Waals surface area contributed by atoms with Crippen LogP contribution in [0.4, 0.5) is 4.39 Å². The first-order valence-electron chi connectivity index (χ1n) is 12.8. The highest BCUT2D eigenvalue weighted by atomic mass is 19.1. The number of carbonyl (C=O) groups excluding carboxylic acids is 1. The van der Waals surface area contributed by atoms with Gasteiger partial charge in [-0.3, -0.25) is 9.69 Å². The maximum absolute atomic E-state index is 13.8. The molecule has 4 rings (SSSR count). The van der Waals surface area contributed by atoms with Crippen LogP contribution in [0.5, 0.6) is 11.5 Å². The number of likely N-dealkylation sites (tertiary alicyclic amines) is 2. The van der Waals surface area contributed by atoms with Gasteiger partial charge in [-0.2, -0.15) is 0 Å². The van der Waals surface area contributed by atoms with Crippen molar-refractivity contribution < 1.29 is 23.8 Å². The molecule has 2 heterocycles. The first-order valence-corrected chi connectivity index (χ1v) is 12.8. The molecule has 2 aromatic carbocycles. The van der Waals surface area contributed by atoms with E-state index >= 15 is 0 Å². The van der Waals surface area contributed by atoms with E-state index < -0.39 is 11.4 Å². The zero-order valence-corrected chi connectivity index (χ0v) is 20.5. The third-order valence-corrected chi connectivity index (χ3v) is 6.93. The van der Waals surface area contributed by atoms with Gasteiger partial charge in [0, 0.05) is 32.6 Å². The third-order valence-electron chi connectivity index (χ3n) is 6.93. The highest BCUT2D eigenvalue weighted by Gasteiger charge is 2.31. The van der Waals surface area contributed by atoms with Gasteiger partial charge < -0.3 is 19.5 Å². The molecule has 7 heteroatoms. The van der Waals surface area contributed by atoms with Crippen molar-refractivity contribution in [2.24, 2.45) is 0 Å². The normalized spacial score (nSPS) is 21.5. The van der Waals surface area contributed by atoms with Gasteiger partial charge in [-0.05, 0) is 74.9 Å². The van der Waals surface area contributed by atoms with Crippen molar-refractivity contribution in [1.29, 1.82) is 0 Å². The van der Waals surface area contributed by atoms with Gasteiger partial charge in [0.05, 0.1) is 12.2 Å². The molecule has 2 aliphatic rings. The third kappa shape index (κ3) is 7.67. The Bertz CT molecular complexity index is 954. The molecule has 0 bridgehead atoms. The number of rotatable bonds is 10. The Hall–Kier alpha value is -2.64. The zero-order valence-electron chi connectivity index (χ0n) is 20.5. The lowest BCUT2D eigenvalue weighted by molar-refractivity contribution is -0.133. The minimum absolute atomic E-state index is 0.0970. The number of benzene rings is 2. The van der Waals surface area contributed by atoms with E-state index in [4.69, 9.17) is 9.47 Å². The highest BCUT2D eigenvalue weighted by molar-refractivity contribution is 5.76. The second kappa shape index (κ2) is 12.4. The van der Waals surface area contributed by atoms with Crippen LogP contribution >= 0.6 is 0 Å². The van der Waals surface area contributed by atoms with Crippen LogP contribution < -0.4 is 9.47 Å². The second-order valence-electron chi connectivity index (χ2n) is 9.76. The molecule has 35 heavy (non-hydrogen) atoms. The molecule has 2 aliphatic heterocycles. The predicted molar refractivity (Wildman–Crippen MR) is 133 cm³/mol. The molecule has 0 aliphatic carbocycles. The van der Waals surface area contributed by atoms with E-state index in [2.05, 4.69) is 17.0 Å². The molecule has 0 unspecified atom stereocenters. The van der Waals surface area contributed by atoms with Crippen LogP contribution in [0.1, 0.15) is 50.5 Å². The van der Waals surface area contributed by atoms with Crippen molar-refractivity contribution in [3.05, 3.63) is 59.9 Å². The molecule has 6 nitrogen and oxygen atoms in total. The number of hydrogen-bond acceptors (Lipinski definition) is 5. The Morgan fingerprint density at radius 1 is 0.943 bits per heavy atom. The number of halogens is 1. The molecule has 0 saturated carbocycles. The maximum atomic E-state index is 13.8. The van der Waals surface area contributed by atoms with Gasteiger partial charge in [-0.1, -0.05) is 24.3 Å². The van der Waals surface area contributed by atoms with Gasteiger partial charge in [0.1, 0.15) is 12.4 Å². The van der Waals surface area contributed by atoms with Crippen LogP contribution in [0, 0.1) is 5.82 Å². The van der Waals surface area contributed by atoms with E-state index in [1.165, 1.54) is 11.6 Å². The zero-order chi connectivity index (χ0) is 24.5. The molecule has 0 spiro atoms. The lowest BCUT2D eigenvalue weighted by atomic mass is 9.96. The summed E-state index contributed by atoms with van der Waals surface area (Å²) < 4.78 is 25.3. The second-order valence-corrected chi connectivity index (χ2v) is 9.76. The van der Waals surface area contributed by atoms with E-state index in [9.17, 15) is 14.3 Å². The summed E-state index contributed by atoms with van der Waals surface area (Å²) in [4.78, 5) is 16.2. The van der Waals surface area contributed by atoms with Crippen LogP contribution in [-0.2, 0) is 11.3 Å². The summed E-state index contributed by atoms with van der Waals surface area (Å²) in [5.41, 5.74) is 0.248. The van der Waals surface area contributed by atoms with Crippen LogP contribution in [0.25, 0.3) is 0 Å². The lowest BCUT2D eigenvalue weighted by Gasteiger charge is -2.27. The summed E-state index contributed by atoms with van der Waals surface area (Å²) in [6.45, 7) is 4.80. The molecular weight excluding hydrogens is 447 g/mol. The monoisotopic (exact) mass is 484 g/mol. The van der Waals surface area contributed by atoms with Crippen molar-refractivity contribution in [2.45, 2.75) is 57.1 Å². The molecule has 2 saturated heterocycles. The molecule has 190 valence electrons. The Labute approximate surface area is 207 Å². The Kier molecular flexibility index (Phi) is 8.99. The van der Waals surface area contributed by atoms with E-state index in [0.717, 1.165) is 64.2 Å². The molecule has 2 aromatic rings. The van der Waals surface area contributed by atoms with E-state index in [1.54, 1.807) is 18.2 Å². The van der Waals surface area contributed by atoms with Gasteiger partial charge in [-0.25, -0.2) is 4.39 Å². The minimum atomic E-state index is -0.951. The molecule has 0 radical (unpaired) electrons. The average Bonchev–Trinajstić information content (AvgIpc) is 3.05. The van der Waals surface area contributed by atoms with Crippen LogP contribution in [0.3, 0.4) is 0 Å². The van der Waals surface area contributed by atoms with Crippen molar-refractivity contribution in [3.63, 3.8) is 0 Å². The van der Waals surface area contributed by atoms with Crippen LogP contribution in [-0.4, -0.2) is 65.8 Å². The van der Waals surface area contributed by atoms with E-state index in [0.29, 0.717) is 25.9 Å². The number of ether oxygens (including phenoxy) is 2. The number of hydrogen-bond donors (Lipinski definition) is 1. The number of amides is 1. The summed E-state index contributed by atoms with van der Waals surface area (Å²) >= 11 is 0. The fourth-order valence-corrected chi connectivity index (χ4v) is 4.80. The maximum Gasteiger partial charge on any atom is 0.222 e. The SMILES string of the molecule is O=C1CCCCN1CCCOc1ccc(CN2CCC[C@](O)(COc3ccccc3F)CC2)cc1. The van der Waals surface area contributed by atoms with Gasteiger partial charge in [0.15, 0.2) is 11.6 Å². The summed E-state index contributed by atoms with van der Waals surface area (Å²) in [6.07, 6.45) is 5.71. The Morgan fingerprint density at radius 2 is 1.77 bits per heavy atom. The number of nitrogens with zero attached hydrogens (tertiary/aromatic N) is 2. The van der Waals surface area contributed by atoms with Crippen molar-refractivity contribution >= 4 is 5.91 Å². The fourth-order valence-electron chi connectivity index (χ4n) is 4.80. The van der Waals surface area contributed by atoms with E-state index in [-0.39, 0.29) is 18.3 Å². The summed E-state index contributed by atoms with van der Waals surface area (Å²) in [5.74, 6) is 0.889. The standard InChI is InChI=1S/C28H37FN2O4/c29-25-7-1-2-8-26(25)35-22-28(33)14-5-16-30(19-15-28)21-23-10-12-24(13-11-23)34-20-6-18-31-17-4-3-9-27(31)32/h1-2,7-8,10-13,33H,3-6,9,14-22H2/t28-/m1/s1. The molecule has 2 fully saturated rings.